The smallest absolute Gasteiger partial charge is 0.338 e. The van der Waals surface area contributed by atoms with Crippen LogP contribution in [0.3, 0.4) is 0 Å². The molecular formula is C22H21N5O7S. The van der Waals surface area contributed by atoms with Gasteiger partial charge in [0.25, 0.3) is 5.69 Å². The summed E-state index contributed by atoms with van der Waals surface area (Å²) in [7, 11) is 0. The summed E-state index contributed by atoms with van der Waals surface area (Å²) in [5.74, 6) is -0.958. The first kappa shape index (κ1) is 24.3. The van der Waals surface area contributed by atoms with Crippen LogP contribution in [0.25, 0.3) is 5.69 Å². The number of ether oxygens (including phenoxy) is 3. The van der Waals surface area contributed by atoms with Crippen LogP contribution in [0.5, 0.6) is 0 Å². The van der Waals surface area contributed by atoms with Gasteiger partial charge in [0.1, 0.15) is 6.10 Å². The maximum absolute atomic E-state index is 12.8. The van der Waals surface area contributed by atoms with Gasteiger partial charge < -0.3 is 14.2 Å². The molecule has 1 fully saturated rings. The van der Waals surface area contributed by atoms with E-state index in [1.54, 1.807) is 11.6 Å². The largest absolute Gasteiger partial charge is 0.456 e. The van der Waals surface area contributed by atoms with Crippen molar-refractivity contribution in [2.45, 2.75) is 43.4 Å². The van der Waals surface area contributed by atoms with Gasteiger partial charge in [-0.2, -0.15) is 4.68 Å². The zero-order chi connectivity index (χ0) is 24.9. The average Bonchev–Trinajstić information content (AvgIpc) is 3.43. The first-order chi connectivity index (χ1) is 16.8. The van der Waals surface area contributed by atoms with Gasteiger partial charge in [-0.25, -0.2) is 4.79 Å². The Morgan fingerprint density at radius 3 is 2.49 bits per heavy atom. The predicted molar refractivity (Wildman–Crippen MR) is 122 cm³/mol. The Kier molecular flexibility index (Phi) is 7.36. The lowest BCUT2D eigenvalue weighted by Gasteiger charge is -2.23. The number of nitrogens with zero attached hydrogens (tertiary/aromatic N) is 5. The number of para-hydroxylation sites is 1. The normalized spacial score (nSPS) is 21.4. The molecule has 35 heavy (non-hydrogen) atoms. The zero-order valence-electron chi connectivity index (χ0n) is 18.7. The highest BCUT2D eigenvalue weighted by atomic mass is 32.2. The first-order valence-corrected chi connectivity index (χ1v) is 11.6. The van der Waals surface area contributed by atoms with E-state index in [1.165, 1.54) is 43.0 Å². The van der Waals surface area contributed by atoms with Crippen LogP contribution in [0.15, 0.2) is 59.8 Å². The van der Waals surface area contributed by atoms with Crippen LogP contribution in [0.1, 0.15) is 24.2 Å². The topological polar surface area (TPSA) is 149 Å². The van der Waals surface area contributed by atoms with E-state index in [2.05, 4.69) is 15.5 Å². The fourth-order valence-corrected chi connectivity index (χ4v) is 4.55. The van der Waals surface area contributed by atoms with Gasteiger partial charge in [0.05, 0.1) is 22.3 Å². The highest BCUT2D eigenvalue weighted by molar-refractivity contribution is 7.99. The summed E-state index contributed by atoms with van der Waals surface area (Å²) in [6.45, 7) is 2.98. The Morgan fingerprint density at radius 2 is 1.83 bits per heavy atom. The van der Waals surface area contributed by atoms with Crippen molar-refractivity contribution < 1.29 is 28.7 Å². The molecule has 0 aliphatic carbocycles. The molecule has 0 N–H and O–H groups in total. The molecule has 182 valence electrons. The highest BCUT2D eigenvalue weighted by Crippen LogP contribution is 2.31. The number of thioether (sulfide) groups is 1. The summed E-state index contributed by atoms with van der Waals surface area (Å²) in [4.78, 5) is 34.8. The van der Waals surface area contributed by atoms with Crippen molar-refractivity contribution in [3.63, 3.8) is 0 Å². The molecule has 0 unspecified atom stereocenters. The molecule has 1 aliphatic heterocycles. The number of esters is 2. The van der Waals surface area contributed by atoms with Gasteiger partial charge in [0.15, 0.2) is 12.2 Å². The van der Waals surface area contributed by atoms with E-state index in [0.29, 0.717) is 10.9 Å². The molecule has 4 atom stereocenters. The van der Waals surface area contributed by atoms with Crippen LogP contribution in [-0.4, -0.2) is 67.2 Å². The van der Waals surface area contributed by atoms with Crippen LogP contribution in [-0.2, 0) is 19.0 Å². The van der Waals surface area contributed by atoms with E-state index in [0.717, 1.165) is 5.69 Å². The first-order valence-electron chi connectivity index (χ1n) is 10.6. The van der Waals surface area contributed by atoms with E-state index in [-0.39, 0.29) is 11.3 Å². The molecule has 13 heteroatoms. The number of rotatable bonds is 8. The van der Waals surface area contributed by atoms with Crippen LogP contribution >= 0.6 is 11.8 Å². The predicted octanol–water partition coefficient (Wildman–Crippen LogP) is 2.61. The molecule has 1 aromatic heterocycles. The standard InChI is InChI=1S/C22H21N5O7S/c1-13-19(33-14(2)28)20(34-21(29)15-8-10-17(11-9-15)27(30)31)18(32-13)12-35-22-23-24-25-26(22)16-6-4-3-5-7-16/h3-11,13,18-20H,12H2,1-2H3/t13-,18+,19-,20+/m0/s1. The fraction of sp³-hybridized carbons (Fsp3) is 0.318. The molecular weight excluding hydrogens is 478 g/mol. The third kappa shape index (κ3) is 5.63. The molecule has 0 saturated carbocycles. The van der Waals surface area contributed by atoms with Crippen molar-refractivity contribution in [3.05, 3.63) is 70.3 Å². The second kappa shape index (κ2) is 10.6. The summed E-state index contributed by atoms with van der Waals surface area (Å²) < 4.78 is 18.6. The molecule has 3 aromatic rings. The van der Waals surface area contributed by atoms with Crippen molar-refractivity contribution in [2.75, 3.05) is 5.75 Å². The van der Waals surface area contributed by atoms with E-state index in [1.807, 2.05) is 30.3 Å². The number of nitro benzene ring substituents is 1. The second-order valence-electron chi connectivity index (χ2n) is 7.65. The summed E-state index contributed by atoms with van der Waals surface area (Å²) in [5.41, 5.74) is 0.748. The van der Waals surface area contributed by atoms with Crippen LogP contribution < -0.4 is 0 Å². The van der Waals surface area contributed by atoms with Crippen molar-refractivity contribution >= 4 is 29.4 Å². The van der Waals surface area contributed by atoms with Crippen molar-refractivity contribution in [3.8, 4) is 5.69 Å². The molecule has 4 rings (SSSR count). The van der Waals surface area contributed by atoms with Gasteiger partial charge in [-0.15, -0.1) is 5.10 Å². The number of tetrazole rings is 1. The zero-order valence-corrected chi connectivity index (χ0v) is 19.5. The molecule has 1 saturated heterocycles. The molecule has 1 aliphatic rings. The number of hydrogen-bond donors (Lipinski definition) is 0. The Hall–Kier alpha value is -3.84. The van der Waals surface area contributed by atoms with Crippen molar-refractivity contribution in [2.24, 2.45) is 0 Å². The second-order valence-corrected chi connectivity index (χ2v) is 8.63. The van der Waals surface area contributed by atoms with Crippen molar-refractivity contribution in [1.29, 1.82) is 0 Å². The minimum Gasteiger partial charge on any atom is -0.456 e. The summed E-state index contributed by atoms with van der Waals surface area (Å²) in [6.07, 6.45) is -2.91. The summed E-state index contributed by atoms with van der Waals surface area (Å²) >= 11 is 1.30. The van der Waals surface area contributed by atoms with E-state index in [9.17, 15) is 19.7 Å². The molecule has 12 nitrogen and oxygen atoms in total. The fourth-order valence-electron chi connectivity index (χ4n) is 3.61. The molecule has 0 amide bonds. The maximum atomic E-state index is 12.8. The lowest BCUT2D eigenvalue weighted by Crippen LogP contribution is -2.40. The van der Waals surface area contributed by atoms with E-state index < -0.39 is 41.3 Å². The minimum absolute atomic E-state index is 0.121. The van der Waals surface area contributed by atoms with Crippen LogP contribution in [0.4, 0.5) is 5.69 Å². The minimum atomic E-state index is -0.912. The van der Waals surface area contributed by atoms with Gasteiger partial charge in [0, 0.05) is 24.8 Å². The Labute approximate surface area is 203 Å². The third-order valence-electron chi connectivity index (χ3n) is 5.22. The number of carbonyl (C=O) groups is 2. The Balaban J connectivity index is 1.51. The highest BCUT2D eigenvalue weighted by Gasteiger charge is 2.47. The van der Waals surface area contributed by atoms with Gasteiger partial charge in [-0.1, -0.05) is 30.0 Å². The number of carbonyl (C=O) groups excluding carboxylic acids is 2. The SMILES string of the molecule is CC(=O)O[C@@H]1[C@H](OC(=O)c2ccc([N+](=O)[O-])cc2)[C@@H](CSc2nnnn2-c2ccccc2)O[C@H]1C. The monoisotopic (exact) mass is 499 g/mol. The molecule has 0 radical (unpaired) electrons. The molecule has 0 bridgehead atoms. The Bertz CT molecular complexity index is 1200. The van der Waals surface area contributed by atoms with Gasteiger partial charge in [0.2, 0.25) is 5.16 Å². The Morgan fingerprint density at radius 1 is 1.11 bits per heavy atom. The lowest BCUT2D eigenvalue weighted by molar-refractivity contribution is -0.384. The van der Waals surface area contributed by atoms with Crippen LogP contribution in [0, 0.1) is 10.1 Å². The third-order valence-corrected chi connectivity index (χ3v) is 6.23. The number of nitro groups is 1. The summed E-state index contributed by atoms with van der Waals surface area (Å²) in [6, 6.07) is 14.4. The lowest BCUT2D eigenvalue weighted by atomic mass is 10.1. The number of hydrogen-bond acceptors (Lipinski definition) is 11. The molecule has 0 spiro atoms. The van der Waals surface area contributed by atoms with E-state index >= 15 is 0 Å². The van der Waals surface area contributed by atoms with Gasteiger partial charge >= 0.3 is 11.9 Å². The number of benzene rings is 2. The van der Waals surface area contributed by atoms with Gasteiger partial charge in [-0.3, -0.25) is 14.9 Å². The van der Waals surface area contributed by atoms with E-state index in [4.69, 9.17) is 14.2 Å². The number of aromatic nitrogens is 4. The van der Waals surface area contributed by atoms with Crippen molar-refractivity contribution in [1.82, 2.24) is 20.2 Å². The molecule has 2 heterocycles. The molecule has 2 aromatic carbocycles. The van der Waals surface area contributed by atoms with Gasteiger partial charge in [-0.05, 0) is 41.6 Å². The van der Waals surface area contributed by atoms with Crippen LogP contribution in [0.2, 0.25) is 0 Å². The summed E-state index contributed by atoms with van der Waals surface area (Å²) in [5, 5.41) is 23.2. The number of non-ortho nitro benzene ring substituents is 1. The maximum Gasteiger partial charge on any atom is 0.338 e. The quantitative estimate of drug-likeness (QED) is 0.195. The average molecular weight is 500 g/mol.